The Morgan fingerprint density at radius 2 is 1.80 bits per heavy atom. The third-order valence-electron chi connectivity index (χ3n) is 0.1000. The molecule has 0 saturated carbocycles. The summed E-state index contributed by atoms with van der Waals surface area (Å²) < 4.78 is 25.9. The molecule has 0 aromatic heterocycles. The van der Waals surface area contributed by atoms with Gasteiger partial charge in [0.2, 0.25) is 0 Å². The van der Waals surface area contributed by atoms with E-state index in [4.69, 9.17) is 5.65 Å². The van der Waals surface area contributed by atoms with Gasteiger partial charge in [-0.05, 0) is 0 Å². The molecule has 0 aliphatic heterocycles. The van der Waals surface area contributed by atoms with Crippen LogP contribution in [0.4, 0.5) is 0 Å². The van der Waals surface area contributed by atoms with Gasteiger partial charge in [-0.2, -0.15) is 0 Å². The third-order valence-corrected chi connectivity index (χ3v) is 0.1000. The fourth-order valence-electron chi connectivity index (χ4n) is 0. The van der Waals surface area contributed by atoms with Gasteiger partial charge < -0.3 is 11.4 Å². The molecule has 0 spiro atoms. The van der Waals surface area contributed by atoms with Crippen molar-refractivity contribution < 1.29 is 5.65 Å². The fraction of sp³-hybridized carbons (Fsp3) is 1.00. The van der Waals surface area contributed by atoms with Gasteiger partial charge in [-0.25, -0.2) is 0 Å². The van der Waals surface area contributed by atoms with E-state index in [1.54, 1.807) is 0 Å². The molecular weight excluding hydrogens is 75.0 g/mol. The first-order valence-corrected chi connectivity index (χ1v) is 1.13. The zero-order valence-corrected chi connectivity index (χ0v) is 5.31. The van der Waals surface area contributed by atoms with Crippen molar-refractivity contribution in [3.63, 3.8) is 0 Å². The Hall–Kier alpha value is 0.920. The molecule has 0 atom stereocenters. The molecule has 0 fully saturated rings. The molecule has 0 rings (SSSR count). The molecule has 27 valence electrons. The van der Waals surface area contributed by atoms with Crippen LogP contribution in [-0.2, 0) is 0 Å². The Balaban J connectivity index is 0. The van der Waals surface area contributed by atoms with Gasteiger partial charge in [0.25, 0.3) is 0 Å². The molecule has 0 heterocycles. The fourth-order valence-corrected chi connectivity index (χ4v) is 0. The summed E-state index contributed by atoms with van der Waals surface area (Å²) in [5.41, 5.74) is 0.881. The van der Waals surface area contributed by atoms with Crippen LogP contribution in [0.2, 0.25) is 5.65 Å². The van der Waals surface area contributed by atoms with Crippen molar-refractivity contribution in [3.8, 4) is 0 Å². The van der Waals surface area contributed by atoms with Crippen molar-refractivity contribution in [2.75, 3.05) is 13.1 Å². The maximum Gasteiger partial charge on any atom is 0.118 e. The molecule has 3 heteroatoms. The second-order valence-electron chi connectivity index (χ2n) is 0.447. The zero-order valence-electron chi connectivity index (χ0n) is 7.31. The first-order valence-electron chi connectivity index (χ1n) is 2.92. The number of nitrogens with two attached hydrogens (primary N) is 2. The number of hydrogen-bond donors (Lipinski definition) is 2. The summed E-state index contributed by atoms with van der Waals surface area (Å²) in [6.45, 7) is 0.208. The van der Waals surface area contributed by atoms with Crippen LogP contribution in [0.25, 0.3) is 0 Å². The second kappa shape index (κ2) is 8.87. The van der Waals surface area contributed by atoms with E-state index in [2.05, 4.69) is 0 Å². The van der Waals surface area contributed by atoms with Gasteiger partial charge in [-0.15, -0.1) is 0 Å². The van der Waals surface area contributed by atoms with Gasteiger partial charge in [0.15, 0.2) is 0 Å². The number of hydrogen-bond acceptors (Lipinski definition) is 2. The molecule has 0 aromatic rings. The van der Waals surface area contributed by atoms with E-state index in [-0.39, 0.29) is 42.6 Å². The van der Waals surface area contributed by atoms with Crippen molar-refractivity contribution >= 4 is 29.6 Å². The topological polar surface area (TPSA) is 52.0 Å². The van der Waals surface area contributed by atoms with Crippen LogP contribution in [-0.4, -0.2) is 42.6 Å². The molecule has 0 aromatic carbocycles. The monoisotopic (exact) mass is 87.1 g/mol. The second-order valence-corrected chi connectivity index (χ2v) is 0.447. The van der Waals surface area contributed by atoms with Crippen LogP contribution in [0, 0.1) is 0 Å². The quantitative estimate of drug-likeness (QED) is 0.412. The predicted octanol–water partition coefficient (Wildman–Crippen LogP) is -1.48. The Morgan fingerprint density at radius 3 is 2.00 bits per heavy atom. The van der Waals surface area contributed by atoms with Gasteiger partial charge in [-0.3, -0.25) is 0 Å². The predicted molar refractivity (Wildman–Crippen MR) is 23.9 cm³/mol. The van der Waals surface area contributed by atoms with Crippen LogP contribution < -0.4 is 11.4 Å². The largest absolute Gasteiger partial charge is 0.329 e. The van der Waals surface area contributed by atoms with Gasteiger partial charge in [0, 0.05) is 42.6 Å². The van der Waals surface area contributed by atoms with Crippen molar-refractivity contribution in [2.24, 2.45) is 11.4 Å². The molecule has 0 unspecified atom stereocenters. The summed E-state index contributed by atoms with van der Waals surface area (Å²) in [5.74, 6) is 0. The van der Waals surface area contributed by atoms with Crippen molar-refractivity contribution in [1.29, 1.82) is 0 Å². The smallest absolute Gasteiger partial charge is 0.118 e. The molecule has 1 radical (unpaired) electrons. The van der Waals surface area contributed by atoms with Gasteiger partial charge in [0.1, 0.15) is 5.65 Å². The van der Waals surface area contributed by atoms with Crippen LogP contribution >= 0.6 is 0 Å². The van der Waals surface area contributed by atoms with E-state index in [9.17, 15) is 0 Å². The van der Waals surface area contributed by atoms with Gasteiger partial charge in [0.05, 0.1) is 0 Å². The molecule has 0 amide bonds. The zero-order chi connectivity index (χ0) is 6.57. The summed E-state index contributed by atoms with van der Waals surface area (Å²) in [6.07, 6.45) is 0. The maximum atomic E-state index is 6.48. The van der Waals surface area contributed by atoms with E-state index < -0.39 is 0 Å². The SMILES string of the molecule is [2H]N([2H])CCN([2H])[2H].[Na]. The van der Waals surface area contributed by atoms with Crippen molar-refractivity contribution in [3.05, 3.63) is 0 Å². The molecule has 0 saturated heterocycles. The van der Waals surface area contributed by atoms with E-state index in [1.165, 1.54) is 0 Å². The molecule has 0 aliphatic rings. The third kappa shape index (κ3) is 11.4. The summed E-state index contributed by atoms with van der Waals surface area (Å²) in [4.78, 5) is 0. The summed E-state index contributed by atoms with van der Waals surface area (Å²) >= 11 is 0. The Labute approximate surface area is 60.0 Å². The Kier molecular flexibility index (Phi) is 4.05. The normalized spacial score (nSPS) is 18.8. The summed E-state index contributed by atoms with van der Waals surface area (Å²) in [6, 6.07) is 0. The first kappa shape index (κ1) is 2.28. The average molecular weight is 87.1 g/mol. The standard InChI is InChI=1S/C2H8N2.Na/c3-1-2-4;/h1-4H2;/i/hD4. The minimum absolute atomic E-state index is 0. The molecule has 0 aliphatic carbocycles. The molecule has 5 heavy (non-hydrogen) atoms. The summed E-state index contributed by atoms with van der Waals surface area (Å²) in [5, 5.41) is 0. The van der Waals surface area contributed by atoms with Crippen LogP contribution in [0.1, 0.15) is 0 Å². The molecule has 2 nitrogen and oxygen atoms in total. The first-order chi connectivity index (χ1) is 3.63. The van der Waals surface area contributed by atoms with E-state index in [1.807, 2.05) is 0 Å². The molecule has 0 bridgehead atoms. The van der Waals surface area contributed by atoms with Crippen LogP contribution in [0.5, 0.6) is 0 Å². The Morgan fingerprint density at radius 1 is 1.40 bits per heavy atom. The van der Waals surface area contributed by atoms with Crippen molar-refractivity contribution in [1.82, 2.24) is 0 Å². The molecular formula is C2H8N2Na. The van der Waals surface area contributed by atoms with Crippen molar-refractivity contribution in [2.45, 2.75) is 0 Å². The van der Waals surface area contributed by atoms with E-state index >= 15 is 0 Å². The van der Waals surface area contributed by atoms with Crippen LogP contribution in [0.3, 0.4) is 0 Å². The maximum absolute atomic E-state index is 6.48. The average Bonchev–Trinajstić information content (AvgIpc) is 1.61. The number of rotatable bonds is 3. The minimum atomic E-state index is 0. The van der Waals surface area contributed by atoms with Gasteiger partial charge in [-0.1, -0.05) is 0 Å². The molecule has 4 N–H and O–H groups in total. The summed E-state index contributed by atoms with van der Waals surface area (Å²) in [7, 11) is 0. The van der Waals surface area contributed by atoms with E-state index in [0.29, 0.717) is 11.4 Å². The van der Waals surface area contributed by atoms with Gasteiger partial charge >= 0.3 is 0 Å². The van der Waals surface area contributed by atoms with E-state index in [0.717, 1.165) is 0 Å². The van der Waals surface area contributed by atoms with Crippen LogP contribution in [0.15, 0.2) is 0 Å². The minimum Gasteiger partial charge on any atom is -0.329 e. The Bertz CT molecular complexity index is 52.5.